The predicted octanol–water partition coefficient (Wildman–Crippen LogP) is 4.23. The number of hydrogen-bond donors (Lipinski definition) is 1. The van der Waals surface area contributed by atoms with Crippen molar-refractivity contribution < 1.29 is 31.4 Å². The number of hydrogen-bond acceptors (Lipinski definition) is 9. The third-order valence-electron chi connectivity index (χ3n) is 10.00. The normalized spacial score (nSPS) is 19.9. The Balaban J connectivity index is 1.22. The number of nitriles is 1. The highest BCUT2D eigenvalue weighted by Crippen LogP contribution is 2.41. The van der Waals surface area contributed by atoms with Gasteiger partial charge in [0.1, 0.15) is 0 Å². The third-order valence-corrected chi connectivity index (χ3v) is 12.3. The first-order chi connectivity index (χ1) is 23.9. The molecule has 6 rings (SSSR count). The number of piperidine rings is 1. The second-order valence-electron chi connectivity index (χ2n) is 13.3. The van der Waals surface area contributed by atoms with Gasteiger partial charge in [0.15, 0.2) is 0 Å². The quantitative estimate of drug-likeness (QED) is 0.290. The second kappa shape index (κ2) is 15.3. The summed E-state index contributed by atoms with van der Waals surface area (Å²) < 4.78 is 75.9. The number of aliphatic hydroxyl groups is 1. The number of ether oxygens (including phenoxy) is 1. The number of benzene rings is 2. The minimum Gasteiger partial charge on any atom is -0.390 e. The standard InChI is InChI=1S/C35H43F3N6O4S2/c1-50(46,47)43-12-9-31-29(24-43)33(26-7-8-30(35(36,37)38)32(21-26)49-20-17-41-15-18-48-19-16-41)40-44(31)23-28(45)22-42-13-10-34(25-39,11-14-42)27-5-3-2-4-6-27/h2-8,21,28,45H,9-20,22-24H2,1H3. The Kier molecular flexibility index (Phi) is 11.3. The van der Waals surface area contributed by atoms with Crippen molar-refractivity contribution in [2.24, 2.45) is 0 Å². The Morgan fingerprint density at radius 2 is 1.76 bits per heavy atom. The van der Waals surface area contributed by atoms with Gasteiger partial charge in [-0.1, -0.05) is 36.4 Å². The molecule has 0 bridgehead atoms. The van der Waals surface area contributed by atoms with Crippen LogP contribution in [0.25, 0.3) is 11.3 Å². The van der Waals surface area contributed by atoms with Gasteiger partial charge in [-0.05, 0) is 30.5 Å². The van der Waals surface area contributed by atoms with Gasteiger partial charge >= 0.3 is 6.18 Å². The molecule has 3 aliphatic heterocycles. The smallest absolute Gasteiger partial charge is 0.390 e. The summed E-state index contributed by atoms with van der Waals surface area (Å²) in [7, 11) is -3.54. The van der Waals surface area contributed by atoms with Crippen LogP contribution in [0.4, 0.5) is 13.2 Å². The van der Waals surface area contributed by atoms with Gasteiger partial charge in [0.25, 0.3) is 0 Å². The molecular weight excluding hydrogens is 690 g/mol. The average molecular weight is 733 g/mol. The number of thioether (sulfide) groups is 1. The molecule has 2 fully saturated rings. The van der Waals surface area contributed by atoms with Crippen LogP contribution in [-0.2, 0) is 45.9 Å². The fourth-order valence-corrected chi connectivity index (χ4v) is 9.07. The number of sulfonamides is 1. The van der Waals surface area contributed by atoms with Crippen molar-refractivity contribution in [2.75, 3.05) is 71.0 Å². The van der Waals surface area contributed by atoms with Crippen LogP contribution in [0.15, 0.2) is 53.4 Å². The second-order valence-corrected chi connectivity index (χ2v) is 16.4. The number of likely N-dealkylation sites (tertiary alicyclic amines) is 1. The predicted molar refractivity (Wildman–Crippen MR) is 185 cm³/mol. The van der Waals surface area contributed by atoms with Crippen LogP contribution in [0.1, 0.15) is 35.2 Å². The zero-order chi connectivity index (χ0) is 35.5. The van der Waals surface area contributed by atoms with Gasteiger partial charge in [-0.15, -0.1) is 11.8 Å². The van der Waals surface area contributed by atoms with Gasteiger partial charge in [0, 0.05) is 86.2 Å². The van der Waals surface area contributed by atoms with Gasteiger partial charge < -0.3 is 14.7 Å². The summed E-state index contributed by atoms with van der Waals surface area (Å²) in [6.45, 7) is 5.39. The van der Waals surface area contributed by atoms with E-state index in [1.165, 1.54) is 16.4 Å². The highest BCUT2D eigenvalue weighted by Gasteiger charge is 2.38. The van der Waals surface area contributed by atoms with Crippen LogP contribution in [0.3, 0.4) is 0 Å². The number of halogens is 3. The summed E-state index contributed by atoms with van der Waals surface area (Å²) in [6, 6.07) is 16.3. The lowest BCUT2D eigenvalue weighted by Crippen LogP contribution is -2.45. The zero-order valence-corrected chi connectivity index (χ0v) is 29.7. The molecule has 0 spiro atoms. The van der Waals surface area contributed by atoms with Crippen LogP contribution in [0.5, 0.6) is 0 Å². The van der Waals surface area contributed by atoms with E-state index in [9.17, 15) is 32.0 Å². The Morgan fingerprint density at radius 1 is 1.04 bits per heavy atom. The minimum absolute atomic E-state index is 0.0436. The van der Waals surface area contributed by atoms with E-state index in [4.69, 9.17) is 9.84 Å². The number of nitrogens with zero attached hydrogens (tertiary/aromatic N) is 6. The van der Waals surface area contributed by atoms with E-state index < -0.39 is 33.3 Å². The summed E-state index contributed by atoms with van der Waals surface area (Å²) >= 11 is 1.15. The van der Waals surface area contributed by atoms with Gasteiger partial charge in [-0.25, -0.2) is 8.42 Å². The molecule has 4 heterocycles. The molecule has 15 heteroatoms. The van der Waals surface area contributed by atoms with E-state index in [0.717, 1.165) is 48.4 Å². The summed E-state index contributed by atoms with van der Waals surface area (Å²) in [5.74, 6) is 0.463. The first kappa shape index (κ1) is 36.8. The van der Waals surface area contributed by atoms with Crippen LogP contribution in [-0.4, -0.2) is 115 Å². The Bertz CT molecular complexity index is 1780. The van der Waals surface area contributed by atoms with Gasteiger partial charge in [0.05, 0.1) is 54.9 Å². The van der Waals surface area contributed by atoms with E-state index in [0.29, 0.717) is 81.2 Å². The Morgan fingerprint density at radius 3 is 2.42 bits per heavy atom. The average Bonchev–Trinajstić information content (AvgIpc) is 3.46. The monoisotopic (exact) mass is 732 g/mol. The van der Waals surface area contributed by atoms with Crippen molar-refractivity contribution >= 4 is 21.8 Å². The van der Waals surface area contributed by atoms with Gasteiger partial charge in [-0.3, -0.25) is 9.58 Å². The van der Waals surface area contributed by atoms with Crippen molar-refractivity contribution in [1.82, 2.24) is 23.9 Å². The topological polar surface area (TPSA) is 115 Å². The lowest BCUT2D eigenvalue weighted by atomic mass is 9.74. The maximum Gasteiger partial charge on any atom is 0.417 e. The van der Waals surface area contributed by atoms with Crippen LogP contribution in [0, 0.1) is 11.3 Å². The molecule has 3 aliphatic rings. The number of aromatic nitrogens is 2. The van der Waals surface area contributed by atoms with E-state index >= 15 is 0 Å². The van der Waals surface area contributed by atoms with Crippen molar-refractivity contribution in [3.63, 3.8) is 0 Å². The molecule has 0 amide bonds. The van der Waals surface area contributed by atoms with Gasteiger partial charge in [0.2, 0.25) is 10.0 Å². The minimum atomic E-state index is -4.54. The number of aliphatic hydroxyl groups excluding tert-OH is 1. The molecule has 50 heavy (non-hydrogen) atoms. The fraction of sp³-hybridized carbons (Fsp3) is 0.543. The zero-order valence-electron chi connectivity index (χ0n) is 28.1. The molecule has 10 nitrogen and oxygen atoms in total. The number of rotatable bonds is 11. The number of alkyl halides is 3. The summed E-state index contributed by atoms with van der Waals surface area (Å²) in [6.07, 6.45) is -2.57. The van der Waals surface area contributed by atoms with Crippen molar-refractivity contribution in [2.45, 2.75) is 54.9 Å². The number of fused-ring (bicyclic) bond motifs is 1. The largest absolute Gasteiger partial charge is 0.417 e. The van der Waals surface area contributed by atoms with Crippen molar-refractivity contribution in [3.05, 3.63) is 70.9 Å². The van der Waals surface area contributed by atoms with Gasteiger partial charge in [-0.2, -0.15) is 27.8 Å². The third kappa shape index (κ3) is 8.39. The SMILES string of the molecule is CS(=O)(=O)N1CCc2c(c(-c3ccc(C(F)(F)F)c(SCCN4CCOCC4)c3)nn2CC(O)CN2CCC(C#N)(c3ccccc3)CC2)C1. The molecule has 270 valence electrons. The lowest BCUT2D eigenvalue weighted by molar-refractivity contribution is -0.139. The molecule has 0 aliphatic carbocycles. The first-order valence-corrected chi connectivity index (χ1v) is 19.7. The van der Waals surface area contributed by atoms with Crippen LogP contribution in [0.2, 0.25) is 0 Å². The summed E-state index contributed by atoms with van der Waals surface area (Å²) in [4.78, 5) is 4.40. The molecule has 1 aromatic heterocycles. The molecule has 2 saturated heterocycles. The molecule has 2 aromatic carbocycles. The maximum absolute atomic E-state index is 14.1. The number of morpholine rings is 1. The molecule has 1 unspecified atom stereocenters. The first-order valence-electron chi connectivity index (χ1n) is 16.9. The molecule has 3 aromatic rings. The molecule has 0 saturated carbocycles. The fourth-order valence-electron chi connectivity index (χ4n) is 7.16. The van der Waals surface area contributed by atoms with Crippen LogP contribution < -0.4 is 0 Å². The van der Waals surface area contributed by atoms with E-state index in [-0.39, 0.29) is 24.5 Å². The Hall–Kier alpha value is -2.97. The molecule has 1 N–H and O–H groups in total. The molecule has 0 radical (unpaired) electrons. The molecule has 1 atom stereocenters. The van der Waals surface area contributed by atoms with E-state index in [1.807, 2.05) is 30.3 Å². The van der Waals surface area contributed by atoms with E-state index in [2.05, 4.69) is 15.9 Å². The maximum atomic E-state index is 14.1. The number of β-amino-alcohol motifs (C(OH)–C–C–N with tert-alkyl or cyclic N) is 1. The summed E-state index contributed by atoms with van der Waals surface area (Å²) in [5, 5.41) is 26.2. The van der Waals surface area contributed by atoms with Crippen molar-refractivity contribution in [1.29, 1.82) is 5.26 Å². The summed E-state index contributed by atoms with van der Waals surface area (Å²) in [5.41, 5.74) is 2.02. The van der Waals surface area contributed by atoms with Crippen molar-refractivity contribution in [3.8, 4) is 17.3 Å². The van der Waals surface area contributed by atoms with Crippen LogP contribution >= 0.6 is 11.8 Å². The lowest BCUT2D eigenvalue weighted by Gasteiger charge is -2.38. The highest BCUT2D eigenvalue weighted by molar-refractivity contribution is 7.99. The Labute approximate surface area is 295 Å². The highest BCUT2D eigenvalue weighted by atomic mass is 32.2. The molecular formula is C35H43F3N6O4S2. The van der Waals surface area contributed by atoms with E-state index in [1.54, 1.807) is 4.68 Å².